The molecule has 0 radical (unpaired) electrons. The molecule has 31 heavy (non-hydrogen) atoms. The maximum absolute atomic E-state index is 12.5. The molecular formula is C24H21ClN4OS. The Labute approximate surface area is 190 Å². The monoisotopic (exact) mass is 448 g/mol. The van der Waals surface area contributed by atoms with Gasteiger partial charge >= 0.3 is 0 Å². The van der Waals surface area contributed by atoms with Crippen LogP contribution in [0.3, 0.4) is 0 Å². The van der Waals surface area contributed by atoms with E-state index in [2.05, 4.69) is 46.7 Å². The molecule has 0 fully saturated rings. The molecule has 0 aliphatic carbocycles. The molecule has 0 aliphatic heterocycles. The van der Waals surface area contributed by atoms with Crippen molar-refractivity contribution in [1.82, 2.24) is 14.8 Å². The van der Waals surface area contributed by atoms with Crippen LogP contribution in [0.25, 0.3) is 5.69 Å². The minimum absolute atomic E-state index is 0.151. The summed E-state index contributed by atoms with van der Waals surface area (Å²) in [5.74, 6) is 0.868. The summed E-state index contributed by atoms with van der Waals surface area (Å²) in [5, 5.41) is 12.8. The number of halogens is 1. The number of hydrogen-bond acceptors (Lipinski definition) is 4. The van der Waals surface area contributed by atoms with Gasteiger partial charge < -0.3 is 5.32 Å². The molecule has 4 rings (SSSR count). The molecule has 1 N–H and O–H groups in total. The Morgan fingerprint density at radius 3 is 2.55 bits per heavy atom. The first-order chi connectivity index (χ1) is 15.1. The Balaban J connectivity index is 1.57. The molecule has 0 saturated heterocycles. The first-order valence-corrected chi connectivity index (χ1v) is 11.2. The van der Waals surface area contributed by atoms with E-state index in [1.54, 1.807) is 12.1 Å². The summed E-state index contributed by atoms with van der Waals surface area (Å²) in [6.07, 6.45) is 0.647. The highest BCUT2D eigenvalue weighted by Gasteiger charge is 2.17. The number of benzene rings is 3. The first-order valence-electron chi connectivity index (χ1n) is 9.82. The number of amides is 1. The quantitative estimate of drug-likeness (QED) is 0.376. The standard InChI is InChI=1S/C24H21ClN4OS/c1-17-8-7-11-19(14-17)29-22(15-18-9-3-2-4-10-18)27-28-24(29)31-16-23(30)26-21-13-6-5-12-20(21)25/h2-14H,15-16H2,1H3,(H,26,30). The maximum Gasteiger partial charge on any atom is 0.234 e. The van der Waals surface area contributed by atoms with E-state index >= 15 is 0 Å². The summed E-state index contributed by atoms with van der Waals surface area (Å²) in [5.41, 5.74) is 3.87. The van der Waals surface area contributed by atoms with Crippen molar-refractivity contribution in [2.24, 2.45) is 0 Å². The SMILES string of the molecule is Cc1cccc(-n2c(Cc3ccccc3)nnc2SCC(=O)Nc2ccccc2Cl)c1. The third-order valence-corrected chi connectivity index (χ3v) is 5.90. The summed E-state index contributed by atoms with van der Waals surface area (Å²) in [4.78, 5) is 12.5. The largest absolute Gasteiger partial charge is 0.324 e. The summed E-state index contributed by atoms with van der Waals surface area (Å²) in [6, 6.07) is 25.5. The highest BCUT2D eigenvalue weighted by molar-refractivity contribution is 7.99. The summed E-state index contributed by atoms with van der Waals surface area (Å²) < 4.78 is 2.02. The zero-order chi connectivity index (χ0) is 21.6. The van der Waals surface area contributed by atoms with Crippen molar-refractivity contribution < 1.29 is 4.79 Å². The van der Waals surface area contributed by atoms with E-state index in [-0.39, 0.29) is 11.7 Å². The Hall–Kier alpha value is -3.09. The second-order valence-corrected chi connectivity index (χ2v) is 8.40. The number of hydrogen-bond donors (Lipinski definition) is 1. The van der Waals surface area contributed by atoms with E-state index in [1.165, 1.54) is 11.8 Å². The molecule has 4 aromatic rings. The third kappa shape index (κ3) is 5.34. The molecule has 0 saturated carbocycles. The van der Waals surface area contributed by atoms with Gasteiger partial charge in [-0.1, -0.05) is 78.0 Å². The molecule has 3 aromatic carbocycles. The van der Waals surface area contributed by atoms with Gasteiger partial charge in [-0.15, -0.1) is 10.2 Å². The number of nitrogens with zero attached hydrogens (tertiary/aromatic N) is 3. The average Bonchev–Trinajstić information content (AvgIpc) is 3.17. The molecular weight excluding hydrogens is 428 g/mol. The van der Waals surface area contributed by atoms with Crippen LogP contribution in [0, 0.1) is 6.92 Å². The lowest BCUT2D eigenvalue weighted by Gasteiger charge is -2.11. The minimum atomic E-state index is -0.151. The van der Waals surface area contributed by atoms with Gasteiger partial charge in [-0.3, -0.25) is 9.36 Å². The fraction of sp³-hybridized carbons (Fsp3) is 0.125. The van der Waals surface area contributed by atoms with Crippen molar-refractivity contribution in [1.29, 1.82) is 0 Å². The Morgan fingerprint density at radius 1 is 1.00 bits per heavy atom. The molecule has 1 aromatic heterocycles. The fourth-order valence-electron chi connectivity index (χ4n) is 3.19. The number of para-hydroxylation sites is 1. The van der Waals surface area contributed by atoms with Crippen LogP contribution >= 0.6 is 23.4 Å². The Morgan fingerprint density at radius 2 is 1.77 bits per heavy atom. The lowest BCUT2D eigenvalue weighted by molar-refractivity contribution is -0.113. The van der Waals surface area contributed by atoms with Gasteiger partial charge in [-0.25, -0.2) is 0 Å². The summed E-state index contributed by atoms with van der Waals surface area (Å²) in [7, 11) is 0. The van der Waals surface area contributed by atoms with Gasteiger partial charge in [-0.2, -0.15) is 0 Å². The molecule has 7 heteroatoms. The summed E-state index contributed by atoms with van der Waals surface area (Å²) >= 11 is 7.48. The smallest absolute Gasteiger partial charge is 0.234 e. The highest BCUT2D eigenvalue weighted by Crippen LogP contribution is 2.25. The topological polar surface area (TPSA) is 59.8 Å². The maximum atomic E-state index is 12.5. The molecule has 1 heterocycles. The number of rotatable bonds is 7. The van der Waals surface area contributed by atoms with Gasteiger partial charge in [0.2, 0.25) is 5.91 Å². The van der Waals surface area contributed by atoms with E-state index in [0.717, 1.165) is 22.6 Å². The molecule has 0 spiro atoms. The minimum Gasteiger partial charge on any atom is -0.324 e. The number of carbonyl (C=O) groups excluding carboxylic acids is 1. The van der Waals surface area contributed by atoms with Gasteiger partial charge in [0.25, 0.3) is 0 Å². The number of nitrogens with one attached hydrogen (secondary N) is 1. The first kappa shape index (κ1) is 21.2. The Kier molecular flexibility index (Phi) is 6.70. The van der Waals surface area contributed by atoms with Crippen LogP contribution in [-0.4, -0.2) is 26.4 Å². The Bertz CT molecular complexity index is 1190. The van der Waals surface area contributed by atoms with Gasteiger partial charge in [0.1, 0.15) is 5.82 Å². The molecule has 0 aliphatic rings. The van der Waals surface area contributed by atoms with Crippen molar-refractivity contribution in [2.75, 3.05) is 11.1 Å². The highest BCUT2D eigenvalue weighted by atomic mass is 35.5. The van der Waals surface area contributed by atoms with E-state index in [4.69, 9.17) is 11.6 Å². The number of aryl methyl sites for hydroxylation is 1. The van der Waals surface area contributed by atoms with Gasteiger partial charge in [0, 0.05) is 12.1 Å². The van der Waals surface area contributed by atoms with Crippen LogP contribution in [0.2, 0.25) is 5.02 Å². The molecule has 0 bridgehead atoms. The second-order valence-electron chi connectivity index (χ2n) is 7.05. The van der Waals surface area contributed by atoms with Crippen LogP contribution in [0.1, 0.15) is 17.0 Å². The van der Waals surface area contributed by atoms with Crippen LogP contribution in [0.15, 0.2) is 84.0 Å². The van der Waals surface area contributed by atoms with E-state index in [9.17, 15) is 4.79 Å². The van der Waals surface area contributed by atoms with Crippen molar-refractivity contribution in [3.63, 3.8) is 0 Å². The van der Waals surface area contributed by atoms with Crippen molar-refractivity contribution >= 4 is 35.0 Å². The van der Waals surface area contributed by atoms with Crippen molar-refractivity contribution in [3.8, 4) is 5.69 Å². The number of thioether (sulfide) groups is 1. The van der Waals surface area contributed by atoms with Crippen molar-refractivity contribution in [3.05, 3.63) is 101 Å². The van der Waals surface area contributed by atoms with Crippen LogP contribution in [0.4, 0.5) is 5.69 Å². The molecule has 0 atom stereocenters. The van der Waals surface area contributed by atoms with Crippen LogP contribution in [0.5, 0.6) is 0 Å². The zero-order valence-corrected chi connectivity index (χ0v) is 18.5. The zero-order valence-electron chi connectivity index (χ0n) is 17.0. The van der Waals surface area contributed by atoms with E-state index in [0.29, 0.717) is 22.3 Å². The lowest BCUT2D eigenvalue weighted by Crippen LogP contribution is -2.15. The fourth-order valence-corrected chi connectivity index (χ4v) is 4.15. The molecule has 5 nitrogen and oxygen atoms in total. The average molecular weight is 449 g/mol. The van der Waals surface area contributed by atoms with Gasteiger partial charge in [0.15, 0.2) is 5.16 Å². The molecule has 156 valence electrons. The normalized spacial score (nSPS) is 10.8. The van der Waals surface area contributed by atoms with E-state index < -0.39 is 0 Å². The van der Waals surface area contributed by atoms with Gasteiger partial charge in [0.05, 0.1) is 16.5 Å². The predicted molar refractivity (Wildman–Crippen MR) is 126 cm³/mol. The molecule has 0 unspecified atom stereocenters. The van der Waals surface area contributed by atoms with Crippen molar-refractivity contribution in [2.45, 2.75) is 18.5 Å². The number of aromatic nitrogens is 3. The predicted octanol–water partition coefficient (Wildman–Crippen LogP) is 5.55. The lowest BCUT2D eigenvalue weighted by atomic mass is 10.1. The summed E-state index contributed by atoms with van der Waals surface area (Å²) in [6.45, 7) is 2.05. The van der Waals surface area contributed by atoms with Crippen LogP contribution < -0.4 is 5.32 Å². The number of carbonyl (C=O) groups is 1. The second kappa shape index (κ2) is 9.81. The van der Waals surface area contributed by atoms with E-state index in [1.807, 2.05) is 47.0 Å². The number of anilines is 1. The molecule has 1 amide bonds. The third-order valence-electron chi connectivity index (χ3n) is 4.65. The van der Waals surface area contributed by atoms with Crippen LogP contribution in [-0.2, 0) is 11.2 Å². The van der Waals surface area contributed by atoms with Gasteiger partial charge in [-0.05, 0) is 42.3 Å².